The molecule has 0 bridgehead atoms. The van der Waals surface area contributed by atoms with E-state index < -0.39 is 5.97 Å². The van der Waals surface area contributed by atoms with Crippen molar-refractivity contribution < 1.29 is 19.1 Å². The van der Waals surface area contributed by atoms with Crippen molar-refractivity contribution in [1.82, 2.24) is 4.98 Å². The molecule has 0 fully saturated rings. The lowest BCUT2D eigenvalue weighted by molar-refractivity contribution is -0.115. The first-order valence-corrected chi connectivity index (χ1v) is 12.1. The first kappa shape index (κ1) is 24.2. The fourth-order valence-corrected chi connectivity index (χ4v) is 4.46. The van der Waals surface area contributed by atoms with Gasteiger partial charge in [-0.1, -0.05) is 48.5 Å². The van der Waals surface area contributed by atoms with E-state index in [0.29, 0.717) is 16.4 Å². The van der Waals surface area contributed by atoms with Gasteiger partial charge in [-0.15, -0.1) is 11.3 Å². The highest BCUT2D eigenvalue weighted by molar-refractivity contribution is 7.14. The standard InChI is InChI=1S/C28H26N2O4S/c1-19-10-9-15-26(20(19)2)30(21(3)31)28-29-23(18-35-28)17-34-27(32)25-14-8-7-11-22(25)16-33-24-12-5-4-6-13-24/h4-15,18H,16-17H2,1-3H3. The Morgan fingerprint density at radius 2 is 1.66 bits per heavy atom. The minimum atomic E-state index is -0.454. The summed E-state index contributed by atoms with van der Waals surface area (Å²) >= 11 is 1.33. The molecule has 1 heterocycles. The highest BCUT2D eigenvalue weighted by Crippen LogP contribution is 2.32. The molecular weight excluding hydrogens is 460 g/mol. The summed E-state index contributed by atoms with van der Waals surface area (Å²) < 4.78 is 11.4. The average molecular weight is 487 g/mol. The van der Waals surface area contributed by atoms with Crippen LogP contribution in [0.5, 0.6) is 5.75 Å². The van der Waals surface area contributed by atoms with Crippen LogP contribution in [0.3, 0.4) is 0 Å². The largest absolute Gasteiger partial charge is 0.489 e. The maximum absolute atomic E-state index is 12.8. The quantitative estimate of drug-likeness (QED) is 0.270. The van der Waals surface area contributed by atoms with Crippen LogP contribution in [0.15, 0.2) is 78.2 Å². The maximum atomic E-state index is 12.8. The predicted molar refractivity (Wildman–Crippen MR) is 137 cm³/mol. The number of hydrogen-bond acceptors (Lipinski definition) is 6. The molecule has 0 atom stereocenters. The molecule has 0 unspecified atom stereocenters. The van der Waals surface area contributed by atoms with Crippen molar-refractivity contribution in [2.24, 2.45) is 0 Å². The van der Waals surface area contributed by atoms with Gasteiger partial charge in [0.05, 0.1) is 16.9 Å². The van der Waals surface area contributed by atoms with E-state index in [9.17, 15) is 9.59 Å². The Kier molecular flexibility index (Phi) is 7.57. The number of thiazole rings is 1. The van der Waals surface area contributed by atoms with E-state index in [0.717, 1.165) is 28.1 Å². The van der Waals surface area contributed by atoms with Gasteiger partial charge in [-0.25, -0.2) is 9.78 Å². The van der Waals surface area contributed by atoms with Gasteiger partial charge in [0.2, 0.25) is 5.91 Å². The number of aryl methyl sites for hydroxylation is 1. The number of anilines is 2. The second-order valence-electron chi connectivity index (χ2n) is 8.03. The summed E-state index contributed by atoms with van der Waals surface area (Å²) in [4.78, 5) is 31.5. The lowest BCUT2D eigenvalue weighted by Gasteiger charge is -2.21. The van der Waals surface area contributed by atoms with Crippen molar-refractivity contribution in [3.8, 4) is 5.75 Å². The van der Waals surface area contributed by atoms with Gasteiger partial charge in [-0.05, 0) is 49.2 Å². The minimum Gasteiger partial charge on any atom is -0.489 e. The first-order chi connectivity index (χ1) is 16.9. The Morgan fingerprint density at radius 3 is 2.43 bits per heavy atom. The van der Waals surface area contributed by atoms with Gasteiger partial charge in [0.25, 0.3) is 0 Å². The molecule has 0 saturated heterocycles. The molecule has 6 nitrogen and oxygen atoms in total. The molecule has 1 aromatic heterocycles. The van der Waals surface area contributed by atoms with Gasteiger partial charge < -0.3 is 9.47 Å². The highest BCUT2D eigenvalue weighted by Gasteiger charge is 2.21. The van der Waals surface area contributed by atoms with E-state index in [1.54, 1.807) is 22.4 Å². The van der Waals surface area contributed by atoms with Crippen molar-refractivity contribution >= 4 is 34.0 Å². The predicted octanol–water partition coefficient (Wildman–Crippen LogP) is 6.38. The third-order valence-electron chi connectivity index (χ3n) is 5.59. The third-order valence-corrected chi connectivity index (χ3v) is 6.46. The fourth-order valence-electron chi connectivity index (χ4n) is 3.59. The summed E-state index contributed by atoms with van der Waals surface area (Å²) in [6.07, 6.45) is 0. The first-order valence-electron chi connectivity index (χ1n) is 11.2. The molecule has 0 radical (unpaired) electrons. The molecule has 7 heteroatoms. The van der Waals surface area contributed by atoms with Crippen LogP contribution in [0.4, 0.5) is 10.8 Å². The van der Waals surface area contributed by atoms with Crippen molar-refractivity contribution in [3.05, 3.63) is 106 Å². The molecule has 0 aliphatic carbocycles. The van der Waals surface area contributed by atoms with Crippen LogP contribution >= 0.6 is 11.3 Å². The maximum Gasteiger partial charge on any atom is 0.338 e. The van der Waals surface area contributed by atoms with Gasteiger partial charge in [-0.2, -0.15) is 0 Å². The number of esters is 1. The minimum absolute atomic E-state index is 0.00174. The molecule has 4 rings (SSSR count). The van der Waals surface area contributed by atoms with Crippen molar-refractivity contribution in [1.29, 1.82) is 0 Å². The molecule has 35 heavy (non-hydrogen) atoms. The van der Waals surface area contributed by atoms with E-state index in [2.05, 4.69) is 4.98 Å². The Hall–Kier alpha value is -3.97. The Balaban J connectivity index is 1.45. The summed E-state index contributed by atoms with van der Waals surface area (Å²) in [5, 5.41) is 2.34. The van der Waals surface area contributed by atoms with E-state index in [1.807, 2.05) is 74.5 Å². The molecule has 0 saturated carbocycles. The molecule has 0 aliphatic heterocycles. The lowest BCUT2D eigenvalue weighted by Crippen LogP contribution is -2.23. The number of benzene rings is 3. The van der Waals surface area contributed by atoms with Gasteiger partial charge >= 0.3 is 5.97 Å². The Bertz CT molecular complexity index is 1330. The molecule has 0 aliphatic rings. The second-order valence-corrected chi connectivity index (χ2v) is 8.87. The molecule has 4 aromatic rings. The van der Waals surface area contributed by atoms with Crippen LogP contribution < -0.4 is 9.64 Å². The van der Waals surface area contributed by atoms with E-state index in [-0.39, 0.29) is 19.1 Å². The van der Waals surface area contributed by atoms with Gasteiger partial charge in [0.1, 0.15) is 19.0 Å². The number of carbonyl (C=O) groups is 2. The van der Waals surface area contributed by atoms with Crippen LogP contribution in [0.1, 0.15) is 39.7 Å². The third kappa shape index (κ3) is 5.75. The number of nitrogens with zero attached hydrogens (tertiary/aromatic N) is 2. The van der Waals surface area contributed by atoms with Gasteiger partial charge in [0, 0.05) is 17.9 Å². The topological polar surface area (TPSA) is 68.7 Å². The molecule has 178 valence electrons. The number of rotatable bonds is 8. The summed E-state index contributed by atoms with van der Waals surface area (Å²) in [5.41, 5.74) is 4.66. The van der Waals surface area contributed by atoms with Crippen molar-refractivity contribution in [3.63, 3.8) is 0 Å². The van der Waals surface area contributed by atoms with Crippen LogP contribution in [0.25, 0.3) is 0 Å². The number of hydrogen-bond donors (Lipinski definition) is 0. The second kappa shape index (κ2) is 11.0. The Labute approximate surface area is 208 Å². The number of para-hydroxylation sites is 1. The highest BCUT2D eigenvalue weighted by atomic mass is 32.1. The van der Waals surface area contributed by atoms with Gasteiger partial charge in [0.15, 0.2) is 5.13 Å². The zero-order valence-corrected chi connectivity index (χ0v) is 20.7. The smallest absolute Gasteiger partial charge is 0.338 e. The SMILES string of the molecule is CC(=O)N(c1nc(COC(=O)c2ccccc2COc2ccccc2)cs1)c1cccc(C)c1C. The molecule has 1 amide bonds. The monoisotopic (exact) mass is 486 g/mol. The molecule has 0 N–H and O–H groups in total. The van der Waals surface area contributed by atoms with E-state index >= 15 is 0 Å². The Morgan fingerprint density at radius 1 is 0.914 bits per heavy atom. The number of ether oxygens (including phenoxy) is 2. The lowest BCUT2D eigenvalue weighted by atomic mass is 10.1. The van der Waals surface area contributed by atoms with Crippen LogP contribution in [-0.2, 0) is 22.7 Å². The average Bonchev–Trinajstić information content (AvgIpc) is 3.33. The van der Waals surface area contributed by atoms with Crippen LogP contribution in [0.2, 0.25) is 0 Å². The summed E-state index contributed by atoms with van der Waals surface area (Å²) in [7, 11) is 0. The summed E-state index contributed by atoms with van der Waals surface area (Å²) in [6.45, 7) is 5.75. The zero-order valence-electron chi connectivity index (χ0n) is 19.9. The molecule has 0 spiro atoms. The number of amides is 1. The fraction of sp³-hybridized carbons (Fsp3) is 0.179. The summed E-state index contributed by atoms with van der Waals surface area (Å²) in [5.74, 6) is 0.137. The van der Waals surface area contributed by atoms with E-state index in [4.69, 9.17) is 9.47 Å². The number of carbonyl (C=O) groups excluding carboxylic acids is 2. The van der Waals surface area contributed by atoms with Crippen molar-refractivity contribution in [2.75, 3.05) is 4.90 Å². The zero-order chi connectivity index (χ0) is 24.8. The van der Waals surface area contributed by atoms with Crippen molar-refractivity contribution in [2.45, 2.75) is 34.0 Å². The normalized spacial score (nSPS) is 10.6. The molecule has 3 aromatic carbocycles. The number of aromatic nitrogens is 1. The van der Waals surface area contributed by atoms with E-state index in [1.165, 1.54) is 18.3 Å². The van der Waals surface area contributed by atoms with Crippen LogP contribution in [-0.4, -0.2) is 16.9 Å². The summed E-state index contributed by atoms with van der Waals surface area (Å²) in [6, 6.07) is 22.5. The molecular formula is C28H26N2O4S. The van der Waals surface area contributed by atoms with Crippen LogP contribution in [0, 0.1) is 13.8 Å². The van der Waals surface area contributed by atoms with Gasteiger partial charge in [-0.3, -0.25) is 9.69 Å².